The van der Waals surface area contributed by atoms with Gasteiger partial charge in [-0.1, -0.05) is 72.8 Å². The molecular weight excluding hydrogens is 348 g/mol. The van der Waals surface area contributed by atoms with Gasteiger partial charge >= 0.3 is 0 Å². The van der Waals surface area contributed by atoms with Gasteiger partial charge in [0.15, 0.2) is 0 Å². The number of carbonyl (C=O) groups is 1. The molecule has 0 aliphatic carbocycles. The summed E-state index contributed by atoms with van der Waals surface area (Å²) in [7, 11) is 0. The van der Waals surface area contributed by atoms with Gasteiger partial charge < -0.3 is 0 Å². The summed E-state index contributed by atoms with van der Waals surface area (Å²) in [5.41, 5.74) is 3.99. The van der Waals surface area contributed by atoms with Crippen molar-refractivity contribution in [2.45, 2.75) is 19.4 Å². The Hall–Kier alpha value is -3.60. The first-order valence-electron chi connectivity index (χ1n) is 9.10. The summed E-state index contributed by atoms with van der Waals surface area (Å²) >= 11 is 0. The fourth-order valence-electron chi connectivity index (χ4n) is 3.21. The first kappa shape index (κ1) is 17.8. The van der Waals surface area contributed by atoms with Crippen LogP contribution in [0.25, 0.3) is 22.5 Å². The molecule has 28 heavy (non-hydrogen) atoms. The Morgan fingerprint density at radius 1 is 0.857 bits per heavy atom. The molecule has 0 radical (unpaired) electrons. The first-order chi connectivity index (χ1) is 13.6. The monoisotopic (exact) mass is 368 g/mol. The Morgan fingerprint density at radius 2 is 1.54 bits per heavy atom. The summed E-state index contributed by atoms with van der Waals surface area (Å²) < 4.78 is 0. The molecule has 0 unspecified atom stereocenters. The minimum atomic E-state index is -0.457. The lowest BCUT2D eigenvalue weighted by Crippen LogP contribution is -2.30. The topological polar surface area (TPSA) is 60.7 Å². The normalized spacial score (nSPS) is 11.4. The van der Waals surface area contributed by atoms with E-state index in [1.165, 1.54) is 0 Å². The molecule has 1 heterocycles. The van der Waals surface area contributed by atoms with E-state index >= 15 is 0 Å². The van der Waals surface area contributed by atoms with Crippen molar-refractivity contribution in [3.8, 4) is 22.5 Å². The molecule has 0 aliphatic rings. The predicted molar refractivity (Wildman–Crippen MR) is 109 cm³/mol. The fraction of sp³-hybridized carbons (Fsp3) is 0.130. The molecule has 5 nitrogen and oxygen atoms in total. The molecule has 4 aromatic rings. The molecule has 3 aromatic carbocycles. The van der Waals surface area contributed by atoms with Crippen LogP contribution in [0.1, 0.15) is 29.8 Å². The molecule has 0 N–H and O–H groups in total. The van der Waals surface area contributed by atoms with Gasteiger partial charge in [0.1, 0.15) is 11.8 Å². The van der Waals surface area contributed by atoms with Crippen LogP contribution in [0.2, 0.25) is 0 Å². The quantitative estimate of drug-likeness (QED) is 0.483. The molecular formula is C23H20N4O. The van der Waals surface area contributed by atoms with E-state index in [-0.39, 0.29) is 0 Å². The second kappa shape index (κ2) is 7.19. The Morgan fingerprint density at radius 3 is 2.21 bits per heavy atom. The van der Waals surface area contributed by atoms with E-state index in [4.69, 9.17) is 0 Å². The summed E-state index contributed by atoms with van der Waals surface area (Å²) in [6.45, 7) is 4.10. The van der Waals surface area contributed by atoms with Crippen LogP contribution in [0.15, 0.2) is 78.9 Å². The number of aldehydes is 1. The van der Waals surface area contributed by atoms with Gasteiger partial charge in [-0.15, -0.1) is 10.2 Å². The van der Waals surface area contributed by atoms with E-state index in [9.17, 15) is 4.79 Å². The molecule has 0 bridgehead atoms. The van der Waals surface area contributed by atoms with Crippen LogP contribution in [0.4, 0.5) is 0 Å². The van der Waals surface area contributed by atoms with Crippen molar-refractivity contribution in [1.82, 2.24) is 20.2 Å². The molecule has 0 spiro atoms. The van der Waals surface area contributed by atoms with Crippen LogP contribution in [0.3, 0.4) is 0 Å². The van der Waals surface area contributed by atoms with Crippen LogP contribution in [-0.4, -0.2) is 26.5 Å². The number of hydrogen-bond acceptors (Lipinski definition) is 4. The third-order valence-corrected chi connectivity index (χ3v) is 4.90. The standard InChI is InChI=1S/C23H20N4O/c1-23(2,19-11-7-4-8-12-19)27-25-22(24-26-27)21-15-17(16-28)13-14-20(21)18-9-5-3-6-10-18/h3-16H,1-2H3. The van der Waals surface area contributed by atoms with Gasteiger partial charge in [-0.25, -0.2) is 0 Å². The maximum absolute atomic E-state index is 11.3. The zero-order valence-corrected chi connectivity index (χ0v) is 15.8. The second-order valence-electron chi connectivity index (χ2n) is 7.12. The highest BCUT2D eigenvalue weighted by Gasteiger charge is 2.26. The molecule has 0 saturated carbocycles. The summed E-state index contributed by atoms with van der Waals surface area (Å²) in [4.78, 5) is 13.0. The largest absolute Gasteiger partial charge is 0.298 e. The van der Waals surface area contributed by atoms with Crippen molar-refractivity contribution < 1.29 is 4.79 Å². The Bertz CT molecular complexity index is 1100. The van der Waals surface area contributed by atoms with Gasteiger partial charge in [0.2, 0.25) is 5.82 Å². The Kier molecular flexibility index (Phi) is 4.57. The predicted octanol–water partition coefficient (Wildman–Crippen LogP) is 4.60. The second-order valence-corrected chi connectivity index (χ2v) is 7.12. The van der Waals surface area contributed by atoms with Crippen LogP contribution in [-0.2, 0) is 5.54 Å². The van der Waals surface area contributed by atoms with E-state index < -0.39 is 5.54 Å². The Labute approximate surface area is 163 Å². The molecule has 0 aliphatic heterocycles. The maximum atomic E-state index is 11.3. The summed E-state index contributed by atoms with van der Waals surface area (Å²) in [5, 5.41) is 13.3. The average molecular weight is 368 g/mol. The van der Waals surface area contributed by atoms with Crippen molar-refractivity contribution in [3.05, 3.63) is 90.0 Å². The summed E-state index contributed by atoms with van der Waals surface area (Å²) in [6, 6.07) is 25.6. The number of nitrogens with zero attached hydrogens (tertiary/aromatic N) is 4. The van der Waals surface area contributed by atoms with Crippen LogP contribution >= 0.6 is 0 Å². The van der Waals surface area contributed by atoms with Crippen molar-refractivity contribution in [2.24, 2.45) is 0 Å². The molecule has 1 aromatic heterocycles. The summed E-state index contributed by atoms with van der Waals surface area (Å²) in [6.07, 6.45) is 0.830. The molecule has 0 fully saturated rings. The lowest BCUT2D eigenvalue weighted by atomic mass is 9.95. The average Bonchev–Trinajstić information content (AvgIpc) is 3.26. The first-order valence-corrected chi connectivity index (χ1v) is 9.10. The number of hydrogen-bond donors (Lipinski definition) is 0. The third kappa shape index (κ3) is 3.22. The number of carbonyl (C=O) groups excluding carboxylic acids is 1. The van der Waals surface area contributed by atoms with Crippen molar-refractivity contribution in [1.29, 1.82) is 0 Å². The van der Waals surface area contributed by atoms with Gasteiger partial charge in [0.05, 0.1) is 0 Å². The van der Waals surface area contributed by atoms with Crippen LogP contribution in [0.5, 0.6) is 0 Å². The maximum Gasteiger partial charge on any atom is 0.205 e. The highest BCUT2D eigenvalue weighted by atomic mass is 16.1. The SMILES string of the molecule is CC(C)(c1ccccc1)n1nnc(-c2cc(C=O)ccc2-c2ccccc2)n1. The van der Waals surface area contributed by atoms with E-state index in [1.807, 2.05) is 86.6 Å². The van der Waals surface area contributed by atoms with Gasteiger partial charge in [-0.3, -0.25) is 4.79 Å². The van der Waals surface area contributed by atoms with Gasteiger partial charge in [0, 0.05) is 11.1 Å². The molecule has 4 rings (SSSR count). The molecule has 0 atom stereocenters. The zero-order valence-electron chi connectivity index (χ0n) is 15.8. The fourth-order valence-corrected chi connectivity index (χ4v) is 3.21. The molecule has 138 valence electrons. The zero-order chi connectivity index (χ0) is 19.6. The van der Waals surface area contributed by atoms with Gasteiger partial charge in [-0.05, 0) is 41.8 Å². The van der Waals surface area contributed by atoms with Crippen molar-refractivity contribution in [3.63, 3.8) is 0 Å². The third-order valence-electron chi connectivity index (χ3n) is 4.90. The molecule has 0 amide bonds. The lowest BCUT2D eigenvalue weighted by molar-refractivity contribution is 0.112. The van der Waals surface area contributed by atoms with Crippen LogP contribution < -0.4 is 0 Å². The summed E-state index contributed by atoms with van der Waals surface area (Å²) in [5.74, 6) is 0.492. The number of rotatable bonds is 5. The van der Waals surface area contributed by atoms with E-state index in [0.29, 0.717) is 11.4 Å². The number of aromatic nitrogens is 4. The van der Waals surface area contributed by atoms with Crippen LogP contribution in [0, 0.1) is 0 Å². The minimum absolute atomic E-state index is 0.457. The van der Waals surface area contributed by atoms with E-state index in [2.05, 4.69) is 15.4 Å². The minimum Gasteiger partial charge on any atom is -0.298 e. The Balaban J connectivity index is 1.82. The van der Waals surface area contributed by atoms with Gasteiger partial charge in [-0.2, -0.15) is 4.80 Å². The smallest absolute Gasteiger partial charge is 0.205 e. The van der Waals surface area contributed by atoms with E-state index in [1.54, 1.807) is 10.9 Å². The number of benzene rings is 3. The van der Waals surface area contributed by atoms with Gasteiger partial charge in [0.25, 0.3) is 0 Å². The molecule has 0 saturated heterocycles. The molecule has 5 heteroatoms. The highest BCUT2D eigenvalue weighted by molar-refractivity contribution is 5.86. The van der Waals surface area contributed by atoms with Crippen molar-refractivity contribution in [2.75, 3.05) is 0 Å². The lowest BCUT2D eigenvalue weighted by Gasteiger charge is -2.23. The van der Waals surface area contributed by atoms with Crippen molar-refractivity contribution >= 4 is 6.29 Å². The number of tetrazole rings is 1. The van der Waals surface area contributed by atoms with E-state index in [0.717, 1.165) is 28.5 Å². The highest BCUT2D eigenvalue weighted by Crippen LogP contribution is 2.31.